The summed E-state index contributed by atoms with van der Waals surface area (Å²) >= 11 is -1.42. The summed E-state index contributed by atoms with van der Waals surface area (Å²) in [6.45, 7) is 9.41. The van der Waals surface area contributed by atoms with Gasteiger partial charge in [-0.15, -0.1) is 32.4 Å². The summed E-state index contributed by atoms with van der Waals surface area (Å²) in [5.74, 6) is 12.2. The molecule has 3 rings (SSSR count). The maximum atomic E-state index is 6.38. The van der Waals surface area contributed by atoms with Crippen LogP contribution in [0.25, 0.3) is 16.7 Å². The molecule has 30 heavy (non-hydrogen) atoms. The van der Waals surface area contributed by atoms with Crippen molar-refractivity contribution in [3.05, 3.63) is 47.5 Å². The molecular formula is C23H36Al2N4O. The van der Waals surface area contributed by atoms with Crippen LogP contribution in [0, 0.1) is 6.92 Å². The molecule has 1 heterocycles. The minimum atomic E-state index is -1.28. The summed E-state index contributed by atoms with van der Waals surface area (Å²) in [7, 11) is 0. The zero-order chi connectivity index (χ0) is 22.3. The predicted octanol–water partition coefficient (Wildman–Crippen LogP) is 5.57. The van der Waals surface area contributed by atoms with Gasteiger partial charge in [-0.2, -0.15) is 0 Å². The average molecular weight is 439 g/mol. The Hall–Kier alpha value is -1.34. The van der Waals surface area contributed by atoms with Gasteiger partial charge in [0.15, 0.2) is 0 Å². The molecule has 0 amide bonds. The van der Waals surface area contributed by atoms with E-state index in [-0.39, 0.29) is 14.1 Å². The van der Waals surface area contributed by atoms with Gasteiger partial charge in [-0.1, -0.05) is 43.6 Å². The molecule has 0 aliphatic heterocycles. The first-order valence-corrected chi connectivity index (χ1v) is 17.3. The van der Waals surface area contributed by atoms with E-state index in [9.17, 15) is 0 Å². The van der Waals surface area contributed by atoms with Crippen LogP contribution in [0.5, 0.6) is 5.75 Å². The summed E-state index contributed by atoms with van der Waals surface area (Å²) in [5, 5.41) is 9.36. The second-order valence-electron chi connectivity index (χ2n) is 8.61. The minimum absolute atomic E-state index is 0.139. The molecule has 7 heteroatoms. The predicted molar refractivity (Wildman–Crippen MR) is 132 cm³/mol. The quantitative estimate of drug-likeness (QED) is 0.452. The molecule has 0 aliphatic carbocycles. The highest BCUT2D eigenvalue weighted by molar-refractivity contribution is 6.54. The minimum Gasteiger partial charge on any atom is -0.641 e. The largest absolute Gasteiger partial charge is 0.641 e. The molecule has 2 aromatic carbocycles. The second kappa shape index (κ2) is 11.9. The molecular weight excluding hydrogens is 402 g/mol. The van der Waals surface area contributed by atoms with Gasteiger partial charge in [0.25, 0.3) is 14.1 Å². The summed E-state index contributed by atoms with van der Waals surface area (Å²) < 4.78 is 6.38. The van der Waals surface area contributed by atoms with Crippen molar-refractivity contribution >= 4 is 39.7 Å². The van der Waals surface area contributed by atoms with E-state index >= 15 is 0 Å². The van der Waals surface area contributed by atoms with Crippen molar-refractivity contribution in [1.82, 2.24) is 19.9 Å². The van der Waals surface area contributed by atoms with Crippen molar-refractivity contribution < 1.29 is 3.79 Å². The molecule has 0 saturated heterocycles. The van der Waals surface area contributed by atoms with E-state index in [1.807, 2.05) is 24.3 Å². The van der Waals surface area contributed by atoms with Gasteiger partial charge >= 0.3 is 14.5 Å². The molecule has 0 spiro atoms. The lowest BCUT2D eigenvalue weighted by Gasteiger charge is -2.23. The van der Waals surface area contributed by atoms with Crippen molar-refractivity contribution in [3.8, 4) is 11.4 Å². The zero-order valence-corrected chi connectivity index (χ0v) is 22.2. The van der Waals surface area contributed by atoms with Gasteiger partial charge in [0.2, 0.25) is 0 Å². The van der Waals surface area contributed by atoms with E-state index in [0.717, 1.165) is 42.1 Å². The maximum absolute atomic E-state index is 6.38. The average Bonchev–Trinajstić information content (AvgIpc) is 3.11. The zero-order valence-electron chi connectivity index (χ0n) is 19.9. The molecule has 160 valence electrons. The van der Waals surface area contributed by atoms with Crippen molar-refractivity contribution in [3.63, 3.8) is 0 Å². The molecule has 0 bridgehead atoms. The van der Waals surface area contributed by atoms with Gasteiger partial charge in [-0.05, 0) is 43.8 Å². The van der Waals surface area contributed by atoms with Crippen LogP contribution in [0.2, 0.25) is 28.9 Å². The van der Waals surface area contributed by atoms with Gasteiger partial charge in [0.1, 0.15) is 22.5 Å². The van der Waals surface area contributed by atoms with E-state index in [2.05, 4.69) is 76.9 Å². The first kappa shape index (κ1) is 24.9. The van der Waals surface area contributed by atoms with Crippen LogP contribution in [0.3, 0.4) is 0 Å². The Bertz CT molecular complexity index is 900. The Morgan fingerprint density at radius 3 is 1.93 bits per heavy atom. The normalized spacial score (nSPS) is 10.7. The highest BCUT2D eigenvalue weighted by Gasteiger charge is 2.19. The van der Waals surface area contributed by atoms with Crippen molar-refractivity contribution in [2.45, 2.75) is 56.2 Å². The third-order valence-corrected chi connectivity index (χ3v) is 5.14. The fraction of sp³-hybridized carbons (Fsp3) is 0.478. The smallest absolute Gasteiger partial charge is 0.540 e. The Morgan fingerprint density at radius 1 is 0.933 bits per heavy atom. The molecule has 0 fully saturated rings. The second-order valence-corrected chi connectivity index (χ2v) is 14.4. The molecule has 0 unspecified atom stereocenters. The van der Waals surface area contributed by atoms with E-state index in [1.54, 1.807) is 4.80 Å². The number of hydrogen-bond donors (Lipinski definition) is 0. The number of benzene rings is 2. The molecule has 3 aromatic rings. The lowest BCUT2D eigenvalue weighted by Crippen LogP contribution is -2.24. The van der Waals surface area contributed by atoms with Crippen molar-refractivity contribution in [1.29, 1.82) is 0 Å². The number of aromatic nitrogens is 3. The van der Waals surface area contributed by atoms with Crippen molar-refractivity contribution in [2.24, 2.45) is 0 Å². The van der Waals surface area contributed by atoms with E-state index in [1.165, 1.54) is 11.1 Å². The van der Waals surface area contributed by atoms with Gasteiger partial charge in [-0.25, -0.2) is 0 Å². The lowest BCUT2D eigenvalue weighted by atomic mass is 10.1. The number of fused-ring (bicyclic) bond motifs is 1. The van der Waals surface area contributed by atoms with Gasteiger partial charge in [-0.3, -0.25) is 4.90 Å². The van der Waals surface area contributed by atoms with Gasteiger partial charge in [0.05, 0.1) is 0 Å². The van der Waals surface area contributed by atoms with Crippen LogP contribution in [0.1, 0.15) is 25.0 Å². The van der Waals surface area contributed by atoms with E-state index in [4.69, 9.17) is 3.79 Å². The summed E-state index contributed by atoms with van der Waals surface area (Å²) in [6, 6.07) is 12.3. The first-order valence-electron chi connectivity index (χ1n) is 11.1. The standard InChI is InChI=1S/C18H22N4O.5CH3.2Al/c1-4-21(5-2)12-14-10-13(3)11-17(18(14)23)22-19-15-8-6-7-9-16(15)20-22;;;;;;;/h6-11,23H,4-5,12H2,1-3H3;5*1H3;;/q;;;;;;;+1/p-1. The molecule has 1 aromatic heterocycles. The maximum Gasteiger partial charge on any atom is 0.540 e. The molecule has 0 aliphatic rings. The number of rotatable bonds is 7. The number of hydrogen-bond acceptors (Lipinski definition) is 4. The van der Waals surface area contributed by atoms with Gasteiger partial charge < -0.3 is 3.79 Å². The Kier molecular flexibility index (Phi) is 9.88. The topological polar surface area (TPSA) is 43.2 Å². The van der Waals surface area contributed by atoms with Crippen LogP contribution in [-0.2, 0) is 6.54 Å². The van der Waals surface area contributed by atoms with Crippen LogP contribution < -0.4 is 3.79 Å². The molecule has 0 N–H and O–H groups in total. The summed E-state index contributed by atoms with van der Waals surface area (Å²) in [6.07, 6.45) is 0. The summed E-state index contributed by atoms with van der Waals surface area (Å²) in [5.41, 5.74) is 5.14. The molecule has 5 nitrogen and oxygen atoms in total. The van der Waals surface area contributed by atoms with E-state index < -0.39 is 14.5 Å². The van der Waals surface area contributed by atoms with Gasteiger partial charge in [0, 0.05) is 12.1 Å². The van der Waals surface area contributed by atoms with Crippen LogP contribution in [0.15, 0.2) is 36.4 Å². The Balaban J connectivity index is 0.000000735. The highest BCUT2D eigenvalue weighted by atomic mass is 27.2. The highest BCUT2D eigenvalue weighted by Crippen LogP contribution is 2.31. The fourth-order valence-electron chi connectivity index (χ4n) is 3.12. The SMILES string of the molecule is CCN(CC)Cc1cc(C)cc(-n2nc3ccccc3n2)c1[O][Al]([CH3])[CH3].[CH3][Al]([CH3])[CH3]. The third-order valence-electron chi connectivity index (χ3n) is 4.43. The Morgan fingerprint density at radius 2 is 1.47 bits per heavy atom. The van der Waals surface area contributed by atoms with Crippen LogP contribution in [0.4, 0.5) is 0 Å². The fourth-order valence-corrected chi connectivity index (χ4v) is 3.86. The Labute approximate surface area is 191 Å². The molecule has 0 atom stereocenters. The third kappa shape index (κ3) is 7.12. The number of aryl methyl sites for hydroxylation is 1. The van der Waals surface area contributed by atoms with E-state index in [0.29, 0.717) is 0 Å². The monoisotopic (exact) mass is 438 g/mol. The van der Waals surface area contributed by atoms with Crippen molar-refractivity contribution in [2.75, 3.05) is 13.1 Å². The first-order chi connectivity index (χ1) is 14.2. The van der Waals surface area contributed by atoms with Crippen LogP contribution in [-0.4, -0.2) is 61.6 Å². The summed E-state index contributed by atoms with van der Waals surface area (Å²) in [4.78, 5) is 4.13. The lowest BCUT2D eigenvalue weighted by molar-refractivity contribution is 0.293. The molecule has 0 radical (unpaired) electrons. The molecule has 0 saturated carbocycles. The van der Waals surface area contributed by atoms with Crippen LogP contribution >= 0.6 is 0 Å². The number of nitrogens with zero attached hydrogens (tertiary/aromatic N) is 4.